The molecule has 5 nitrogen and oxygen atoms in total. The molecule has 2 aromatic carbocycles. The normalized spacial score (nSPS) is 16.8. The lowest BCUT2D eigenvalue weighted by atomic mass is 10.0. The molecule has 0 saturated heterocycles. The first-order valence-electron chi connectivity index (χ1n) is 10.6. The van der Waals surface area contributed by atoms with Crippen molar-refractivity contribution in [1.29, 1.82) is 0 Å². The number of carbonyl (C=O) groups is 2. The van der Waals surface area contributed by atoms with Crippen LogP contribution in [-0.4, -0.2) is 22.8 Å². The Labute approximate surface area is 186 Å². The van der Waals surface area contributed by atoms with E-state index in [0.29, 0.717) is 29.3 Å². The van der Waals surface area contributed by atoms with Gasteiger partial charge in [-0.2, -0.15) is 0 Å². The maximum absolute atomic E-state index is 13.4. The van der Waals surface area contributed by atoms with Crippen LogP contribution in [0.1, 0.15) is 53.5 Å². The van der Waals surface area contributed by atoms with E-state index in [-0.39, 0.29) is 17.9 Å². The van der Waals surface area contributed by atoms with Gasteiger partial charge in [-0.05, 0) is 48.1 Å². The first-order valence-corrected chi connectivity index (χ1v) is 11.5. The number of nitrogens with one attached hydrogen (secondary N) is 1. The first kappa shape index (κ1) is 21.1. The van der Waals surface area contributed by atoms with E-state index in [1.165, 1.54) is 11.3 Å². The van der Waals surface area contributed by atoms with Crippen LogP contribution in [0, 0.1) is 0 Å². The summed E-state index contributed by atoms with van der Waals surface area (Å²) in [6, 6.07) is 19.3. The third kappa shape index (κ3) is 4.49. The van der Waals surface area contributed by atoms with Crippen molar-refractivity contribution in [2.75, 3.05) is 5.32 Å². The molecule has 1 N–H and O–H groups in total. The molecule has 31 heavy (non-hydrogen) atoms. The number of hydrogen-bond donors (Lipinski definition) is 1. The van der Waals surface area contributed by atoms with Crippen LogP contribution >= 0.6 is 11.3 Å². The lowest BCUT2D eigenvalue weighted by Gasteiger charge is -2.32. The van der Waals surface area contributed by atoms with E-state index in [2.05, 4.69) is 24.4 Å². The number of hydrogen-bond acceptors (Lipinski definition) is 4. The topological polar surface area (TPSA) is 58.6 Å². The minimum atomic E-state index is -0.523. The van der Waals surface area contributed by atoms with E-state index in [9.17, 15) is 9.59 Å². The van der Waals surface area contributed by atoms with Gasteiger partial charge < -0.3 is 15.0 Å². The molecule has 160 valence electrons. The lowest BCUT2D eigenvalue weighted by Crippen LogP contribution is -2.41. The fourth-order valence-corrected chi connectivity index (χ4v) is 4.60. The second kappa shape index (κ2) is 9.35. The number of thiophene rings is 1. The number of benzene rings is 2. The van der Waals surface area contributed by atoms with Gasteiger partial charge in [-0.15, -0.1) is 11.3 Å². The fraction of sp³-hybridized carbons (Fsp3) is 0.280. The second-order valence-electron chi connectivity index (χ2n) is 7.57. The molecule has 4 rings (SSSR count). The Bertz CT molecular complexity index is 1050. The van der Waals surface area contributed by atoms with E-state index in [4.69, 9.17) is 4.74 Å². The summed E-state index contributed by atoms with van der Waals surface area (Å²) in [5.41, 5.74) is 2.69. The van der Waals surface area contributed by atoms with Crippen molar-refractivity contribution in [3.63, 3.8) is 0 Å². The summed E-state index contributed by atoms with van der Waals surface area (Å²) in [7, 11) is 0. The highest BCUT2D eigenvalue weighted by Gasteiger charge is 2.34. The van der Waals surface area contributed by atoms with Gasteiger partial charge in [0.2, 0.25) is 0 Å². The Morgan fingerprint density at radius 3 is 2.65 bits per heavy atom. The van der Waals surface area contributed by atoms with E-state index in [1.54, 1.807) is 6.07 Å². The average Bonchev–Trinajstić information content (AvgIpc) is 3.29. The van der Waals surface area contributed by atoms with E-state index < -0.39 is 6.10 Å². The van der Waals surface area contributed by atoms with Crippen LogP contribution in [0.15, 0.2) is 66.0 Å². The van der Waals surface area contributed by atoms with E-state index in [0.717, 1.165) is 17.5 Å². The maximum atomic E-state index is 13.4. The van der Waals surface area contributed by atoms with Gasteiger partial charge in [-0.25, -0.2) is 0 Å². The molecule has 2 unspecified atom stereocenters. The number of ether oxygens (including phenoxy) is 1. The molecular weight excluding hydrogens is 408 g/mol. The molecule has 0 saturated carbocycles. The number of anilines is 1. The minimum absolute atomic E-state index is 0.00132. The zero-order valence-corrected chi connectivity index (χ0v) is 18.5. The number of amides is 2. The third-order valence-electron chi connectivity index (χ3n) is 5.55. The SMILES string of the molecule is CCC1Oc2ccc(NC(=O)c3cccs3)cc2CN(C(CC)c2ccccc2)C1=O. The van der Waals surface area contributed by atoms with Gasteiger partial charge in [0.05, 0.1) is 17.5 Å². The summed E-state index contributed by atoms with van der Waals surface area (Å²) in [5.74, 6) is 0.554. The van der Waals surface area contributed by atoms with Crippen LogP contribution in [0.5, 0.6) is 5.75 Å². The maximum Gasteiger partial charge on any atom is 0.265 e. The Hall–Kier alpha value is -3.12. The highest BCUT2D eigenvalue weighted by Crippen LogP contribution is 2.35. The fourth-order valence-electron chi connectivity index (χ4n) is 3.98. The molecule has 0 aliphatic carbocycles. The van der Waals surface area contributed by atoms with Crippen molar-refractivity contribution in [2.24, 2.45) is 0 Å². The lowest BCUT2D eigenvalue weighted by molar-refractivity contribution is -0.141. The van der Waals surface area contributed by atoms with Crippen LogP contribution in [0.2, 0.25) is 0 Å². The molecule has 6 heteroatoms. The number of nitrogens with zero attached hydrogens (tertiary/aromatic N) is 1. The largest absolute Gasteiger partial charge is 0.480 e. The smallest absolute Gasteiger partial charge is 0.265 e. The molecule has 0 radical (unpaired) electrons. The summed E-state index contributed by atoms with van der Waals surface area (Å²) >= 11 is 1.40. The molecule has 2 amide bonds. The van der Waals surface area contributed by atoms with Crippen LogP contribution < -0.4 is 10.1 Å². The standard InChI is InChI=1S/C25H26N2O3S/c1-3-20(17-9-6-5-7-10-17)27-16-18-15-19(26-24(28)23-11-8-14-31-23)12-13-22(18)30-21(4-2)25(27)29/h5-15,20-21H,3-4,16H2,1-2H3,(H,26,28). The van der Waals surface area contributed by atoms with Crippen molar-refractivity contribution < 1.29 is 14.3 Å². The minimum Gasteiger partial charge on any atom is -0.480 e. The summed E-state index contributed by atoms with van der Waals surface area (Å²) in [4.78, 5) is 28.4. The van der Waals surface area contributed by atoms with Gasteiger partial charge in [-0.3, -0.25) is 9.59 Å². The Kier molecular flexibility index (Phi) is 6.37. The Balaban J connectivity index is 1.66. The average molecular weight is 435 g/mol. The van der Waals surface area contributed by atoms with Gasteiger partial charge in [0.25, 0.3) is 11.8 Å². The molecule has 1 aliphatic heterocycles. The molecule has 0 fully saturated rings. The number of fused-ring (bicyclic) bond motifs is 1. The molecular formula is C25H26N2O3S. The predicted octanol–water partition coefficient (Wildman–Crippen LogP) is 5.65. The molecule has 2 atom stereocenters. The highest BCUT2D eigenvalue weighted by molar-refractivity contribution is 7.12. The molecule has 1 aliphatic rings. The van der Waals surface area contributed by atoms with Crippen molar-refractivity contribution in [1.82, 2.24) is 4.90 Å². The molecule has 2 heterocycles. The Morgan fingerprint density at radius 1 is 1.16 bits per heavy atom. The Morgan fingerprint density at radius 2 is 1.97 bits per heavy atom. The van der Waals surface area contributed by atoms with Gasteiger partial charge in [0, 0.05) is 11.3 Å². The quantitative estimate of drug-likeness (QED) is 0.545. The highest BCUT2D eigenvalue weighted by atomic mass is 32.1. The van der Waals surface area contributed by atoms with E-state index in [1.807, 2.05) is 59.7 Å². The number of carbonyl (C=O) groups excluding carboxylic acids is 2. The summed E-state index contributed by atoms with van der Waals surface area (Å²) in [5, 5.41) is 4.83. The molecule has 0 spiro atoms. The van der Waals surface area contributed by atoms with Crippen LogP contribution in [0.4, 0.5) is 5.69 Å². The van der Waals surface area contributed by atoms with Crippen LogP contribution in [-0.2, 0) is 11.3 Å². The molecule has 1 aromatic heterocycles. The van der Waals surface area contributed by atoms with E-state index >= 15 is 0 Å². The zero-order chi connectivity index (χ0) is 21.8. The monoisotopic (exact) mass is 434 g/mol. The predicted molar refractivity (Wildman–Crippen MR) is 123 cm³/mol. The summed E-state index contributed by atoms with van der Waals surface area (Å²) in [6.45, 7) is 4.49. The summed E-state index contributed by atoms with van der Waals surface area (Å²) in [6.07, 6.45) is 0.873. The number of rotatable bonds is 6. The third-order valence-corrected chi connectivity index (χ3v) is 6.42. The van der Waals surface area contributed by atoms with Gasteiger partial charge in [0.15, 0.2) is 6.10 Å². The summed E-state index contributed by atoms with van der Waals surface area (Å²) < 4.78 is 6.11. The zero-order valence-electron chi connectivity index (χ0n) is 17.7. The van der Waals surface area contributed by atoms with Gasteiger partial charge in [-0.1, -0.05) is 50.2 Å². The van der Waals surface area contributed by atoms with Crippen molar-refractivity contribution in [2.45, 2.75) is 45.4 Å². The first-order chi connectivity index (χ1) is 15.1. The van der Waals surface area contributed by atoms with Crippen LogP contribution in [0.25, 0.3) is 0 Å². The molecule has 3 aromatic rings. The van der Waals surface area contributed by atoms with Gasteiger partial charge >= 0.3 is 0 Å². The van der Waals surface area contributed by atoms with Crippen LogP contribution in [0.3, 0.4) is 0 Å². The second-order valence-corrected chi connectivity index (χ2v) is 8.52. The van der Waals surface area contributed by atoms with Crippen molar-refractivity contribution in [3.05, 3.63) is 82.0 Å². The van der Waals surface area contributed by atoms with Gasteiger partial charge in [0.1, 0.15) is 5.75 Å². The van der Waals surface area contributed by atoms with Crippen molar-refractivity contribution in [3.8, 4) is 5.75 Å². The van der Waals surface area contributed by atoms with Crippen molar-refractivity contribution >= 4 is 28.8 Å². The molecule has 0 bridgehead atoms.